The van der Waals surface area contributed by atoms with E-state index in [0.717, 1.165) is 6.54 Å². The van der Waals surface area contributed by atoms with Gasteiger partial charge in [-0.05, 0) is 31.2 Å². The number of aliphatic hydroxyl groups is 1. The number of aryl methyl sites for hydroxylation is 1. The smallest absolute Gasteiger partial charge is 0.139 e. The van der Waals surface area contributed by atoms with Crippen molar-refractivity contribution in [2.24, 2.45) is 0 Å². The van der Waals surface area contributed by atoms with Crippen LogP contribution >= 0.6 is 34.5 Å². The first-order valence-electron chi connectivity index (χ1n) is 6.56. The molecular formula is C15H17Cl2NO2S. The van der Waals surface area contributed by atoms with Gasteiger partial charge in [-0.25, -0.2) is 0 Å². The summed E-state index contributed by atoms with van der Waals surface area (Å²) in [6, 6.07) is 9.17. The van der Waals surface area contributed by atoms with Crippen molar-refractivity contribution in [2.75, 3.05) is 13.2 Å². The first-order valence-corrected chi connectivity index (χ1v) is 8.14. The Labute approximate surface area is 138 Å². The molecule has 1 unspecified atom stereocenters. The third kappa shape index (κ3) is 5.49. The summed E-state index contributed by atoms with van der Waals surface area (Å²) in [6.45, 7) is 3.44. The van der Waals surface area contributed by atoms with Crippen LogP contribution in [0, 0.1) is 6.92 Å². The van der Waals surface area contributed by atoms with E-state index in [4.69, 9.17) is 27.9 Å². The molecule has 21 heavy (non-hydrogen) atoms. The van der Waals surface area contributed by atoms with Gasteiger partial charge in [0.05, 0.1) is 5.02 Å². The summed E-state index contributed by atoms with van der Waals surface area (Å²) in [6.07, 6.45) is -0.610. The summed E-state index contributed by atoms with van der Waals surface area (Å²) in [7, 11) is 0. The number of halogens is 2. The monoisotopic (exact) mass is 345 g/mol. The lowest BCUT2D eigenvalue weighted by Crippen LogP contribution is -2.31. The molecule has 0 aliphatic carbocycles. The highest BCUT2D eigenvalue weighted by molar-refractivity contribution is 7.11. The molecule has 3 nitrogen and oxygen atoms in total. The molecule has 0 amide bonds. The quantitative estimate of drug-likeness (QED) is 0.799. The van der Waals surface area contributed by atoms with Crippen LogP contribution in [-0.2, 0) is 6.54 Å². The van der Waals surface area contributed by atoms with E-state index in [1.165, 1.54) is 9.75 Å². The van der Waals surface area contributed by atoms with E-state index in [9.17, 15) is 5.11 Å². The molecule has 0 aliphatic rings. The fourth-order valence-electron chi connectivity index (χ4n) is 1.77. The number of benzene rings is 1. The maximum atomic E-state index is 9.89. The largest absolute Gasteiger partial charge is 0.489 e. The maximum absolute atomic E-state index is 9.89. The number of nitrogens with one attached hydrogen (secondary N) is 1. The van der Waals surface area contributed by atoms with Gasteiger partial charge >= 0.3 is 0 Å². The third-order valence-corrected chi connectivity index (χ3v) is 4.35. The Hall–Kier alpha value is -0.780. The van der Waals surface area contributed by atoms with Crippen molar-refractivity contribution in [1.82, 2.24) is 5.32 Å². The van der Waals surface area contributed by atoms with Crippen LogP contribution in [0.3, 0.4) is 0 Å². The standard InChI is InChI=1S/C15H17Cl2NO2S/c1-10-2-4-13(21-10)8-18-7-12(19)9-20-15-6-11(16)3-5-14(15)17/h2-6,12,18-19H,7-9H2,1H3. The maximum Gasteiger partial charge on any atom is 0.139 e. The van der Waals surface area contributed by atoms with E-state index < -0.39 is 6.10 Å². The van der Waals surface area contributed by atoms with Crippen molar-refractivity contribution in [2.45, 2.75) is 19.6 Å². The summed E-state index contributed by atoms with van der Waals surface area (Å²) in [5.41, 5.74) is 0. The van der Waals surface area contributed by atoms with Gasteiger partial charge in [0.2, 0.25) is 0 Å². The van der Waals surface area contributed by atoms with Gasteiger partial charge in [-0.3, -0.25) is 0 Å². The van der Waals surface area contributed by atoms with E-state index in [1.807, 2.05) is 0 Å². The van der Waals surface area contributed by atoms with Crippen molar-refractivity contribution in [3.05, 3.63) is 50.1 Å². The Kier molecular flexibility index (Phi) is 6.33. The van der Waals surface area contributed by atoms with Gasteiger partial charge in [0.1, 0.15) is 18.5 Å². The first kappa shape index (κ1) is 16.6. The minimum Gasteiger partial charge on any atom is -0.489 e. The van der Waals surface area contributed by atoms with E-state index >= 15 is 0 Å². The molecule has 2 aromatic rings. The fraction of sp³-hybridized carbons (Fsp3) is 0.333. The fourth-order valence-corrected chi connectivity index (χ4v) is 2.97. The van der Waals surface area contributed by atoms with Crippen molar-refractivity contribution in [3.8, 4) is 5.75 Å². The Bertz CT molecular complexity index is 589. The van der Waals surface area contributed by atoms with Crippen LogP contribution in [0.1, 0.15) is 9.75 Å². The van der Waals surface area contributed by atoms with Crippen LogP contribution in [-0.4, -0.2) is 24.4 Å². The molecule has 0 bridgehead atoms. The van der Waals surface area contributed by atoms with Crippen LogP contribution < -0.4 is 10.1 Å². The summed E-state index contributed by atoms with van der Waals surface area (Å²) in [4.78, 5) is 2.53. The zero-order chi connectivity index (χ0) is 15.2. The van der Waals surface area contributed by atoms with Crippen molar-refractivity contribution in [1.29, 1.82) is 0 Å². The van der Waals surface area contributed by atoms with Gasteiger partial charge in [-0.2, -0.15) is 0 Å². The molecular weight excluding hydrogens is 329 g/mol. The molecule has 114 valence electrons. The lowest BCUT2D eigenvalue weighted by molar-refractivity contribution is 0.106. The molecule has 6 heteroatoms. The van der Waals surface area contributed by atoms with Gasteiger partial charge in [0, 0.05) is 33.9 Å². The van der Waals surface area contributed by atoms with E-state index in [2.05, 4.69) is 24.4 Å². The topological polar surface area (TPSA) is 41.5 Å². The Morgan fingerprint density at radius 2 is 2.10 bits per heavy atom. The zero-order valence-corrected chi connectivity index (χ0v) is 13.9. The number of thiophene rings is 1. The van der Waals surface area contributed by atoms with Crippen LogP contribution in [0.25, 0.3) is 0 Å². The van der Waals surface area contributed by atoms with Crippen LogP contribution in [0.5, 0.6) is 5.75 Å². The van der Waals surface area contributed by atoms with Crippen molar-refractivity contribution < 1.29 is 9.84 Å². The predicted molar refractivity (Wildman–Crippen MR) is 88.7 cm³/mol. The lowest BCUT2D eigenvalue weighted by atomic mass is 10.3. The second kappa shape index (κ2) is 8.01. The van der Waals surface area contributed by atoms with Gasteiger partial charge in [0.15, 0.2) is 0 Å². The number of aliphatic hydroxyl groups excluding tert-OH is 1. The minimum absolute atomic E-state index is 0.163. The highest BCUT2D eigenvalue weighted by Crippen LogP contribution is 2.27. The SMILES string of the molecule is Cc1ccc(CNCC(O)COc2cc(Cl)ccc2Cl)s1. The first-order chi connectivity index (χ1) is 10.0. The summed E-state index contributed by atoms with van der Waals surface area (Å²) in [5, 5.41) is 14.1. The molecule has 0 fully saturated rings. The van der Waals surface area contributed by atoms with Crippen LogP contribution in [0.2, 0.25) is 10.0 Å². The van der Waals surface area contributed by atoms with E-state index in [-0.39, 0.29) is 6.61 Å². The second-order valence-corrected chi connectivity index (χ2v) is 6.90. The molecule has 0 radical (unpaired) electrons. The Balaban J connectivity index is 1.72. The van der Waals surface area contributed by atoms with Gasteiger partial charge < -0.3 is 15.2 Å². The number of ether oxygens (including phenoxy) is 1. The van der Waals surface area contributed by atoms with E-state index in [0.29, 0.717) is 22.3 Å². The third-order valence-electron chi connectivity index (χ3n) is 2.80. The highest BCUT2D eigenvalue weighted by atomic mass is 35.5. The molecule has 2 rings (SSSR count). The molecule has 0 spiro atoms. The number of hydrogen-bond acceptors (Lipinski definition) is 4. The second-order valence-electron chi connectivity index (χ2n) is 4.68. The lowest BCUT2D eigenvalue weighted by Gasteiger charge is -2.14. The molecule has 0 saturated heterocycles. The molecule has 1 heterocycles. The highest BCUT2D eigenvalue weighted by Gasteiger charge is 2.08. The van der Waals surface area contributed by atoms with Gasteiger partial charge in [0.25, 0.3) is 0 Å². The molecule has 0 saturated carbocycles. The Morgan fingerprint density at radius 1 is 1.29 bits per heavy atom. The molecule has 0 aliphatic heterocycles. The zero-order valence-electron chi connectivity index (χ0n) is 11.6. The summed E-state index contributed by atoms with van der Waals surface area (Å²) < 4.78 is 5.48. The van der Waals surface area contributed by atoms with E-state index in [1.54, 1.807) is 29.5 Å². The molecule has 1 aromatic carbocycles. The minimum atomic E-state index is -0.610. The van der Waals surface area contributed by atoms with Crippen molar-refractivity contribution >= 4 is 34.5 Å². The number of hydrogen-bond donors (Lipinski definition) is 2. The average molecular weight is 346 g/mol. The normalized spacial score (nSPS) is 12.4. The average Bonchev–Trinajstić information content (AvgIpc) is 2.85. The molecule has 2 N–H and O–H groups in total. The Morgan fingerprint density at radius 3 is 2.81 bits per heavy atom. The molecule has 1 aromatic heterocycles. The molecule has 1 atom stereocenters. The van der Waals surface area contributed by atoms with Gasteiger partial charge in [-0.15, -0.1) is 11.3 Å². The van der Waals surface area contributed by atoms with Gasteiger partial charge in [-0.1, -0.05) is 23.2 Å². The van der Waals surface area contributed by atoms with Crippen LogP contribution in [0.4, 0.5) is 0 Å². The van der Waals surface area contributed by atoms with Crippen LogP contribution in [0.15, 0.2) is 30.3 Å². The summed E-state index contributed by atoms with van der Waals surface area (Å²) >= 11 is 13.6. The summed E-state index contributed by atoms with van der Waals surface area (Å²) in [5.74, 6) is 0.483. The number of rotatable bonds is 7. The predicted octanol–water partition coefficient (Wildman–Crippen LogP) is 3.89. The van der Waals surface area contributed by atoms with Crippen molar-refractivity contribution in [3.63, 3.8) is 0 Å².